The summed E-state index contributed by atoms with van der Waals surface area (Å²) in [7, 11) is 0. The van der Waals surface area contributed by atoms with E-state index in [-0.39, 0.29) is 12.3 Å². The molecule has 0 aliphatic rings. The van der Waals surface area contributed by atoms with Gasteiger partial charge >= 0.3 is 5.97 Å². The largest absolute Gasteiger partial charge is 0.480 e. The molecule has 17 heavy (non-hydrogen) atoms. The average Bonchev–Trinajstić information content (AvgIpc) is 2.25. The summed E-state index contributed by atoms with van der Waals surface area (Å²) in [6.45, 7) is 1.72. The summed E-state index contributed by atoms with van der Waals surface area (Å²) in [5.41, 5.74) is 0.845. The molecule has 0 saturated heterocycles. The first-order chi connectivity index (χ1) is 8.02. The van der Waals surface area contributed by atoms with Gasteiger partial charge in [0.2, 0.25) is 5.91 Å². The number of nitrogens with one attached hydrogen (secondary N) is 1. The Labute approximate surface area is 108 Å². The molecule has 0 saturated carbocycles. The van der Waals surface area contributed by atoms with E-state index in [2.05, 4.69) is 21.2 Å². The van der Waals surface area contributed by atoms with E-state index >= 15 is 0 Å². The van der Waals surface area contributed by atoms with Crippen LogP contribution in [0.5, 0.6) is 0 Å². The summed E-state index contributed by atoms with van der Waals surface area (Å²) in [5.74, 6) is -1.28. The maximum absolute atomic E-state index is 11.6. The van der Waals surface area contributed by atoms with Crippen molar-refractivity contribution in [2.75, 3.05) is 0 Å². The summed E-state index contributed by atoms with van der Waals surface area (Å²) in [5, 5.41) is 11.3. The molecule has 0 bridgehead atoms. The van der Waals surface area contributed by atoms with Crippen molar-refractivity contribution < 1.29 is 14.7 Å². The van der Waals surface area contributed by atoms with Crippen molar-refractivity contribution in [3.8, 4) is 0 Å². The molecular formula is C12H14BrNO3. The van der Waals surface area contributed by atoms with Crippen molar-refractivity contribution in [2.24, 2.45) is 0 Å². The second-order valence-corrected chi connectivity index (χ2v) is 4.59. The van der Waals surface area contributed by atoms with Gasteiger partial charge in [0.15, 0.2) is 0 Å². The van der Waals surface area contributed by atoms with Crippen LogP contribution in [0.3, 0.4) is 0 Å². The van der Waals surface area contributed by atoms with Crippen molar-refractivity contribution in [1.82, 2.24) is 5.32 Å². The highest BCUT2D eigenvalue weighted by Crippen LogP contribution is 2.12. The zero-order valence-electron chi connectivity index (χ0n) is 9.44. The van der Waals surface area contributed by atoms with Crippen molar-refractivity contribution in [2.45, 2.75) is 25.8 Å². The van der Waals surface area contributed by atoms with Gasteiger partial charge in [0.05, 0.1) is 6.42 Å². The molecule has 0 aliphatic carbocycles. The summed E-state index contributed by atoms with van der Waals surface area (Å²) >= 11 is 3.31. The molecule has 0 heterocycles. The van der Waals surface area contributed by atoms with Gasteiger partial charge in [-0.15, -0.1) is 0 Å². The van der Waals surface area contributed by atoms with Crippen LogP contribution in [-0.2, 0) is 16.0 Å². The monoisotopic (exact) mass is 299 g/mol. The Bertz CT molecular complexity index is 420. The lowest BCUT2D eigenvalue weighted by atomic mass is 10.1. The van der Waals surface area contributed by atoms with Crippen LogP contribution in [0, 0.1) is 0 Å². The lowest BCUT2D eigenvalue weighted by Gasteiger charge is -2.12. The van der Waals surface area contributed by atoms with Crippen LogP contribution in [0.2, 0.25) is 0 Å². The SMILES string of the molecule is CC[C@@H](NC(=O)Cc1cccc(Br)c1)C(=O)O. The molecule has 5 heteroatoms. The Balaban J connectivity index is 2.58. The lowest BCUT2D eigenvalue weighted by molar-refractivity contribution is -0.141. The number of carbonyl (C=O) groups is 2. The van der Waals surface area contributed by atoms with E-state index < -0.39 is 12.0 Å². The van der Waals surface area contributed by atoms with Crippen LogP contribution >= 0.6 is 15.9 Å². The minimum Gasteiger partial charge on any atom is -0.480 e. The standard InChI is InChI=1S/C12H14BrNO3/c1-2-10(12(16)17)14-11(15)7-8-4-3-5-9(13)6-8/h3-6,10H,2,7H2,1H3,(H,14,15)(H,16,17)/t10-/m1/s1. The van der Waals surface area contributed by atoms with Crippen molar-refractivity contribution in [3.05, 3.63) is 34.3 Å². The zero-order chi connectivity index (χ0) is 12.8. The minimum atomic E-state index is -1.00. The lowest BCUT2D eigenvalue weighted by Crippen LogP contribution is -2.40. The van der Waals surface area contributed by atoms with Gasteiger partial charge in [0.1, 0.15) is 6.04 Å². The number of amides is 1. The second-order valence-electron chi connectivity index (χ2n) is 3.67. The minimum absolute atomic E-state index is 0.184. The first-order valence-electron chi connectivity index (χ1n) is 5.29. The van der Waals surface area contributed by atoms with E-state index in [0.717, 1.165) is 10.0 Å². The number of hydrogen-bond donors (Lipinski definition) is 2. The predicted octanol–water partition coefficient (Wildman–Crippen LogP) is 1.97. The summed E-state index contributed by atoms with van der Waals surface area (Å²) in [6.07, 6.45) is 0.558. The topological polar surface area (TPSA) is 66.4 Å². The van der Waals surface area contributed by atoms with Gasteiger partial charge in [-0.05, 0) is 24.1 Å². The van der Waals surface area contributed by atoms with Crippen LogP contribution in [0.1, 0.15) is 18.9 Å². The molecular weight excluding hydrogens is 286 g/mol. The first kappa shape index (κ1) is 13.7. The molecule has 0 spiro atoms. The highest BCUT2D eigenvalue weighted by atomic mass is 79.9. The highest BCUT2D eigenvalue weighted by molar-refractivity contribution is 9.10. The van der Waals surface area contributed by atoms with Gasteiger partial charge in [0.25, 0.3) is 0 Å². The van der Waals surface area contributed by atoms with Gasteiger partial charge in [-0.3, -0.25) is 4.79 Å². The number of halogens is 1. The Hall–Kier alpha value is -1.36. The number of carbonyl (C=O) groups excluding carboxylic acids is 1. The number of carboxylic acids is 1. The molecule has 1 amide bonds. The molecule has 92 valence electrons. The summed E-state index contributed by atoms with van der Waals surface area (Å²) in [4.78, 5) is 22.4. The highest BCUT2D eigenvalue weighted by Gasteiger charge is 2.17. The summed E-state index contributed by atoms with van der Waals surface area (Å²) in [6, 6.07) is 6.55. The molecule has 0 aliphatic heterocycles. The van der Waals surface area contributed by atoms with Gasteiger partial charge in [-0.1, -0.05) is 35.0 Å². The van der Waals surface area contributed by atoms with E-state index in [0.29, 0.717) is 6.42 Å². The molecule has 0 aromatic heterocycles. The zero-order valence-corrected chi connectivity index (χ0v) is 11.0. The van der Waals surface area contributed by atoms with Gasteiger partial charge in [0, 0.05) is 4.47 Å². The van der Waals surface area contributed by atoms with Crippen molar-refractivity contribution in [3.63, 3.8) is 0 Å². The molecule has 1 atom stereocenters. The molecule has 2 N–H and O–H groups in total. The van der Waals surface area contributed by atoms with E-state index in [4.69, 9.17) is 5.11 Å². The third kappa shape index (κ3) is 4.56. The third-order valence-electron chi connectivity index (χ3n) is 2.30. The Morgan fingerprint density at radius 3 is 2.71 bits per heavy atom. The van der Waals surface area contributed by atoms with Gasteiger partial charge in [-0.25, -0.2) is 4.79 Å². The quantitative estimate of drug-likeness (QED) is 0.873. The van der Waals surface area contributed by atoms with Crippen LogP contribution < -0.4 is 5.32 Å². The molecule has 1 rings (SSSR count). The average molecular weight is 300 g/mol. The van der Waals surface area contributed by atoms with Gasteiger partial charge < -0.3 is 10.4 Å². The predicted molar refractivity (Wildman–Crippen MR) is 67.7 cm³/mol. The molecule has 1 aromatic rings. The Morgan fingerprint density at radius 1 is 1.47 bits per heavy atom. The molecule has 4 nitrogen and oxygen atoms in total. The summed E-state index contributed by atoms with van der Waals surface area (Å²) < 4.78 is 0.896. The maximum Gasteiger partial charge on any atom is 0.326 e. The van der Waals surface area contributed by atoms with E-state index in [1.165, 1.54) is 0 Å². The van der Waals surface area contributed by atoms with E-state index in [1.807, 2.05) is 24.3 Å². The van der Waals surface area contributed by atoms with Gasteiger partial charge in [-0.2, -0.15) is 0 Å². The van der Waals surface area contributed by atoms with Crippen LogP contribution in [0.4, 0.5) is 0 Å². The normalized spacial score (nSPS) is 11.9. The third-order valence-corrected chi connectivity index (χ3v) is 2.79. The van der Waals surface area contributed by atoms with E-state index in [9.17, 15) is 9.59 Å². The Kier molecular flexibility index (Phi) is 5.15. The molecule has 1 aromatic carbocycles. The number of hydrogen-bond acceptors (Lipinski definition) is 2. The van der Waals surface area contributed by atoms with Crippen LogP contribution in [-0.4, -0.2) is 23.0 Å². The molecule has 0 radical (unpaired) electrons. The van der Waals surface area contributed by atoms with Crippen LogP contribution in [0.25, 0.3) is 0 Å². The molecule has 0 unspecified atom stereocenters. The van der Waals surface area contributed by atoms with Crippen LogP contribution in [0.15, 0.2) is 28.7 Å². The second kappa shape index (κ2) is 6.39. The fourth-order valence-electron chi connectivity index (χ4n) is 1.42. The number of rotatable bonds is 5. The number of aliphatic carboxylic acids is 1. The van der Waals surface area contributed by atoms with Crippen molar-refractivity contribution in [1.29, 1.82) is 0 Å². The number of benzene rings is 1. The molecule has 0 fully saturated rings. The fourth-order valence-corrected chi connectivity index (χ4v) is 1.86. The number of carboxylic acid groups (broad SMARTS) is 1. The fraction of sp³-hybridized carbons (Fsp3) is 0.333. The van der Waals surface area contributed by atoms with Crippen molar-refractivity contribution >= 4 is 27.8 Å². The van der Waals surface area contributed by atoms with E-state index in [1.54, 1.807) is 6.92 Å². The smallest absolute Gasteiger partial charge is 0.326 e. The Morgan fingerprint density at radius 2 is 2.18 bits per heavy atom. The maximum atomic E-state index is 11.6. The first-order valence-corrected chi connectivity index (χ1v) is 6.09.